The molecule has 0 aromatic rings. The van der Waals surface area contributed by atoms with Crippen molar-refractivity contribution in [1.29, 1.82) is 0 Å². The van der Waals surface area contributed by atoms with E-state index >= 15 is 0 Å². The summed E-state index contributed by atoms with van der Waals surface area (Å²) in [4.78, 5) is 0. The van der Waals surface area contributed by atoms with Crippen molar-refractivity contribution in [2.24, 2.45) is 11.8 Å². The van der Waals surface area contributed by atoms with Gasteiger partial charge in [-0.25, -0.2) is 0 Å². The van der Waals surface area contributed by atoms with Crippen molar-refractivity contribution in [2.45, 2.75) is 104 Å². The summed E-state index contributed by atoms with van der Waals surface area (Å²) in [6, 6.07) is 0. The van der Waals surface area contributed by atoms with Gasteiger partial charge in [-0.1, -0.05) is 46.3 Å². The molecule has 1 N–H and O–H groups in total. The Kier molecular flexibility index (Phi) is 8.77. The van der Waals surface area contributed by atoms with E-state index in [0.717, 1.165) is 25.0 Å². The highest BCUT2D eigenvalue weighted by Crippen LogP contribution is 2.40. The number of hydrogen-bond acceptors (Lipinski definition) is 4. The monoisotopic (exact) mass is 400 g/mol. The zero-order valence-corrected chi connectivity index (χ0v) is 20.4. The maximum Gasteiger partial charge on any atom is 0.192 e. The first-order valence-corrected chi connectivity index (χ1v) is 13.4. The minimum absolute atomic E-state index is 0.0698. The lowest BCUT2D eigenvalue weighted by Gasteiger charge is -2.45. The molecule has 0 aromatic heterocycles. The molecule has 0 amide bonds. The summed E-state index contributed by atoms with van der Waals surface area (Å²) in [5, 5.41) is 9.61. The number of aliphatic hydroxyl groups excluding tert-OH is 1. The summed E-state index contributed by atoms with van der Waals surface area (Å²) in [6.07, 6.45) is 4.24. The van der Waals surface area contributed by atoms with E-state index in [9.17, 15) is 5.11 Å². The van der Waals surface area contributed by atoms with Gasteiger partial charge in [0.25, 0.3) is 0 Å². The largest absolute Gasteiger partial charge is 0.413 e. The Hall–Kier alpha value is -0.203. The average Bonchev–Trinajstić information content (AvgIpc) is 2.52. The van der Waals surface area contributed by atoms with Crippen LogP contribution in [0.15, 0.2) is 11.6 Å². The average molecular weight is 401 g/mol. The number of aliphatic hydroxyl groups is 1. The van der Waals surface area contributed by atoms with Gasteiger partial charge in [-0.05, 0) is 57.7 Å². The highest BCUT2D eigenvalue weighted by Gasteiger charge is 2.42. The quantitative estimate of drug-likeness (QED) is 0.430. The lowest BCUT2D eigenvalue weighted by atomic mass is 9.89. The van der Waals surface area contributed by atoms with Crippen LogP contribution in [0.25, 0.3) is 0 Å². The second-order valence-electron chi connectivity index (χ2n) is 10.2. The van der Waals surface area contributed by atoms with Gasteiger partial charge in [0, 0.05) is 5.92 Å². The normalized spacial score (nSPS) is 26.7. The molecule has 1 aliphatic heterocycles. The lowest BCUT2D eigenvalue weighted by Crippen LogP contribution is -2.50. The third-order valence-electron chi connectivity index (χ3n) is 6.23. The summed E-state index contributed by atoms with van der Waals surface area (Å²) >= 11 is 0. The van der Waals surface area contributed by atoms with Gasteiger partial charge in [0.2, 0.25) is 0 Å². The molecule has 0 radical (unpaired) electrons. The Morgan fingerprint density at radius 3 is 2.41 bits per heavy atom. The van der Waals surface area contributed by atoms with Gasteiger partial charge in [-0.3, -0.25) is 0 Å². The molecule has 1 saturated heterocycles. The molecule has 0 spiro atoms. The molecule has 0 aliphatic carbocycles. The Bertz CT molecular complexity index is 493. The number of hydrogen-bond donors (Lipinski definition) is 1. The smallest absolute Gasteiger partial charge is 0.192 e. The van der Waals surface area contributed by atoms with Gasteiger partial charge in [-0.15, -0.1) is 0 Å². The molecular formula is C22H44O4Si. The van der Waals surface area contributed by atoms with Crippen molar-refractivity contribution in [1.82, 2.24) is 0 Å². The maximum absolute atomic E-state index is 9.46. The van der Waals surface area contributed by atoms with Gasteiger partial charge in [-0.2, -0.15) is 0 Å². The van der Waals surface area contributed by atoms with Crippen LogP contribution in [-0.2, 0) is 13.9 Å². The third kappa shape index (κ3) is 7.28. The van der Waals surface area contributed by atoms with Crippen molar-refractivity contribution >= 4 is 8.32 Å². The van der Waals surface area contributed by atoms with Crippen molar-refractivity contribution < 1.29 is 19.0 Å². The molecule has 0 aromatic carbocycles. The standard InChI is InChI=1S/C22H44O4Si/c1-11-18-15-24-22(7,8)25-20(18)13-19(17(3)12-16(2)14-23)26-27(9,10)21(4,5)6/h12,17-20,23H,11,13-15H2,1-10H3/b16-12+/t17-,18-,19-,20-/m1/s1. The van der Waals surface area contributed by atoms with E-state index < -0.39 is 14.1 Å². The molecule has 0 unspecified atom stereocenters. The predicted molar refractivity (Wildman–Crippen MR) is 115 cm³/mol. The van der Waals surface area contributed by atoms with Crippen molar-refractivity contribution in [3.63, 3.8) is 0 Å². The van der Waals surface area contributed by atoms with E-state index in [1.165, 1.54) is 0 Å². The molecule has 0 saturated carbocycles. The van der Waals surface area contributed by atoms with Gasteiger partial charge < -0.3 is 19.0 Å². The third-order valence-corrected chi connectivity index (χ3v) is 10.7. The van der Waals surface area contributed by atoms with Crippen LogP contribution in [0.3, 0.4) is 0 Å². The van der Waals surface area contributed by atoms with E-state index in [4.69, 9.17) is 13.9 Å². The fourth-order valence-electron chi connectivity index (χ4n) is 3.29. The zero-order chi connectivity index (χ0) is 21.0. The van der Waals surface area contributed by atoms with E-state index in [1.54, 1.807) is 0 Å². The summed E-state index contributed by atoms with van der Waals surface area (Å²) in [6.45, 7) is 22.6. The highest BCUT2D eigenvalue weighted by atomic mass is 28.4. The Morgan fingerprint density at radius 1 is 1.33 bits per heavy atom. The molecule has 4 nitrogen and oxygen atoms in total. The maximum atomic E-state index is 9.46. The van der Waals surface area contributed by atoms with E-state index in [-0.39, 0.29) is 29.8 Å². The Morgan fingerprint density at radius 2 is 1.93 bits per heavy atom. The van der Waals surface area contributed by atoms with Crippen molar-refractivity contribution in [2.75, 3.05) is 13.2 Å². The lowest BCUT2D eigenvalue weighted by molar-refractivity contribution is -0.297. The van der Waals surface area contributed by atoms with Gasteiger partial charge >= 0.3 is 0 Å². The summed E-state index contributed by atoms with van der Waals surface area (Å²) < 4.78 is 19.1. The zero-order valence-electron chi connectivity index (χ0n) is 19.4. The minimum Gasteiger partial charge on any atom is -0.413 e. The van der Waals surface area contributed by atoms with Crippen molar-refractivity contribution in [3.8, 4) is 0 Å². The van der Waals surface area contributed by atoms with Crippen LogP contribution in [-0.4, -0.2) is 44.6 Å². The topological polar surface area (TPSA) is 47.9 Å². The van der Waals surface area contributed by atoms with Crippen molar-refractivity contribution in [3.05, 3.63) is 11.6 Å². The van der Waals surface area contributed by atoms with E-state index in [2.05, 4.69) is 53.8 Å². The second-order valence-corrected chi connectivity index (χ2v) is 15.0. The fraction of sp³-hybridized carbons (Fsp3) is 0.909. The molecule has 1 fully saturated rings. The molecule has 5 heteroatoms. The second kappa shape index (κ2) is 9.53. The van der Waals surface area contributed by atoms with Crippen LogP contribution in [0, 0.1) is 11.8 Å². The first-order chi connectivity index (χ1) is 12.2. The minimum atomic E-state index is -1.92. The fourth-order valence-corrected chi connectivity index (χ4v) is 4.72. The number of rotatable bonds is 8. The summed E-state index contributed by atoms with van der Waals surface area (Å²) in [7, 11) is -1.92. The van der Waals surface area contributed by atoms with Gasteiger partial charge in [0.05, 0.1) is 25.4 Å². The Labute approximate surface area is 168 Å². The van der Waals surface area contributed by atoms with Gasteiger partial charge in [0.15, 0.2) is 14.1 Å². The van der Waals surface area contributed by atoms with Crippen LogP contribution in [0.4, 0.5) is 0 Å². The SMILES string of the molecule is CC[C@@H]1COC(C)(C)O[C@@H]1C[C@@H](O[Si](C)(C)C(C)(C)C)[C@H](C)/C=C(\C)CO. The molecule has 1 aliphatic rings. The highest BCUT2D eigenvalue weighted by molar-refractivity contribution is 6.74. The molecule has 27 heavy (non-hydrogen) atoms. The van der Waals surface area contributed by atoms with Crippen LogP contribution in [0.5, 0.6) is 0 Å². The Balaban J connectivity index is 3.09. The summed E-state index contributed by atoms with van der Waals surface area (Å²) in [5.74, 6) is 0.0646. The molecule has 1 heterocycles. The first-order valence-electron chi connectivity index (χ1n) is 10.5. The first kappa shape index (κ1) is 24.8. The van der Waals surface area contributed by atoms with Crippen LogP contribution in [0.1, 0.15) is 68.2 Å². The van der Waals surface area contributed by atoms with Gasteiger partial charge in [0.1, 0.15) is 0 Å². The predicted octanol–water partition coefficient (Wildman–Crippen LogP) is 5.52. The molecule has 160 valence electrons. The van der Waals surface area contributed by atoms with E-state index in [1.807, 2.05) is 20.8 Å². The number of ether oxygens (including phenoxy) is 2. The van der Waals surface area contributed by atoms with Crippen LogP contribution >= 0.6 is 0 Å². The molecule has 0 bridgehead atoms. The summed E-state index contributed by atoms with van der Waals surface area (Å²) in [5.41, 5.74) is 0.992. The molecule has 4 atom stereocenters. The van der Waals surface area contributed by atoms with E-state index in [0.29, 0.717) is 5.92 Å². The molecule has 1 rings (SSSR count). The van der Waals surface area contributed by atoms with Crippen LogP contribution in [0.2, 0.25) is 18.1 Å². The van der Waals surface area contributed by atoms with Crippen LogP contribution < -0.4 is 0 Å². The molecular weight excluding hydrogens is 356 g/mol.